The molecule has 2 aromatic rings. The molecule has 1 unspecified atom stereocenters. The first kappa shape index (κ1) is 16.3. The number of carbonyl (C=O) groups excluding carboxylic acids is 1. The van der Waals surface area contributed by atoms with Crippen molar-refractivity contribution in [3.8, 4) is 0 Å². The number of furan rings is 1. The molecule has 0 aromatic carbocycles. The van der Waals surface area contributed by atoms with E-state index in [1.807, 2.05) is 0 Å². The minimum absolute atomic E-state index is 0.00438. The standard InChI is InChI=1S/C16H15NO6S/c1-2-8-24(21,22)13-9-11-10(16(19)20)5-6-17(11)14(13)15(18)12-4-3-7-23-12/h2-4,7,9-10H,1,5-6,8H2,(H,19,20). The van der Waals surface area contributed by atoms with Crippen LogP contribution in [0.4, 0.5) is 0 Å². The predicted molar refractivity (Wildman–Crippen MR) is 83.8 cm³/mol. The fourth-order valence-electron chi connectivity index (χ4n) is 2.97. The molecule has 0 bridgehead atoms. The second kappa shape index (κ2) is 5.79. The fourth-order valence-corrected chi connectivity index (χ4v) is 4.26. The van der Waals surface area contributed by atoms with E-state index < -0.39 is 27.5 Å². The van der Waals surface area contributed by atoms with Crippen molar-refractivity contribution in [3.63, 3.8) is 0 Å². The average Bonchev–Trinajstić information content (AvgIpc) is 3.22. The van der Waals surface area contributed by atoms with Crippen molar-refractivity contribution in [2.24, 2.45) is 0 Å². The van der Waals surface area contributed by atoms with Gasteiger partial charge in [-0.15, -0.1) is 6.58 Å². The molecule has 0 fully saturated rings. The maximum Gasteiger partial charge on any atom is 0.312 e. The number of rotatable bonds is 6. The Morgan fingerprint density at radius 3 is 2.79 bits per heavy atom. The van der Waals surface area contributed by atoms with Gasteiger partial charge in [-0.25, -0.2) is 8.42 Å². The van der Waals surface area contributed by atoms with Crippen LogP contribution in [0.3, 0.4) is 0 Å². The Hall–Kier alpha value is -2.61. The van der Waals surface area contributed by atoms with Gasteiger partial charge >= 0.3 is 5.97 Å². The topological polar surface area (TPSA) is 107 Å². The minimum atomic E-state index is -3.80. The molecule has 0 amide bonds. The van der Waals surface area contributed by atoms with E-state index in [1.165, 1.54) is 35.1 Å². The predicted octanol–water partition coefficient (Wildman–Crippen LogP) is 1.84. The Kier molecular flexibility index (Phi) is 3.92. The van der Waals surface area contributed by atoms with Crippen molar-refractivity contribution in [3.05, 3.63) is 54.3 Å². The first-order valence-electron chi connectivity index (χ1n) is 7.25. The zero-order chi connectivity index (χ0) is 17.5. The number of hydrogen-bond acceptors (Lipinski definition) is 5. The van der Waals surface area contributed by atoms with Gasteiger partial charge in [0.1, 0.15) is 5.69 Å². The Morgan fingerprint density at radius 2 is 2.21 bits per heavy atom. The number of nitrogens with zero attached hydrogens (tertiary/aromatic N) is 1. The van der Waals surface area contributed by atoms with Crippen LogP contribution in [-0.2, 0) is 21.2 Å². The summed E-state index contributed by atoms with van der Waals surface area (Å²) in [5, 5.41) is 9.31. The van der Waals surface area contributed by atoms with E-state index in [0.717, 1.165) is 0 Å². The van der Waals surface area contributed by atoms with Crippen molar-refractivity contribution >= 4 is 21.6 Å². The molecule has 1 aliphatic rings. The number of carbonyl (C=O) groups is 2. The van der Waals surface area contributed by atoms with Gasteiger partial charge in [0.2, 0.25) is 5.78 Å². The van der Waals surface area contributed by atoms with Crippen LogP contribution in [0.15, 0.2) is 46.4 Å². The van der Waals surface area contributed by atoms with Crippen molar-refractivity contribution < 1.29 is 27.5 Å². The molecule has 7 nitrogen and oxygen atoms in total. The molecule has 0 radical (unpaired) electrons. The minimum Gasteiger partial charge on any atom is -0.481 e. The van der Waals surface area contributed by atoms with Crippen LogP contribution in [-0.4, -0.2) is 35.6 Å². The number of fused-ring (bicyclic) bond motifs is 1. The fraction of sp³-hybridized carbons (Fsp3) is 0.250. The van der Waals surface area contributed by atoms with E-state index in [1.54, 1.807) is 0 Å². The van der Waals surface area contributed by atoms with Gasteiger partial charge in [0.05, 0.1) is 22.8 Å². The summed E-state index contributed by atoms with van der Waals surface area (Å²) in [5.74, 6) is -2.80. The summed E-state index contributed by atoms with van der Waals surface area (Å²) >= 11 is 0. The van der Waals surface area contributed by atoms with Crippen LogP contribution in [0, 0.1) is 0 Å². The molecule has 2 aromatic heterocycles. The summed E-state index contributed by atoms with van der Waals surface area (Å²) in [6.45, 7) is 3.68. The summed E-state index contributed by atoms with van der Waals surface area (Å²) in [4.78, 5) is 23.9. The van der Waals surface area contributed by atoms with E-state index in [2.05, 4.69) is 6.58 Å². The number of aliphatic carboxylic acids is 1. The van der Waals surface area contributed by atoms with E-state index in [9.17, 15) is 23.1 Å². The van der Waals surface area contributed by atoms with Gasteiger partial charge in [-0.3, -0.25) is 9.59 Å². The zero-order valence-electron chi connectivity index (χ0n) is 12.6. The molecule has 0 aliphatic carbocycles. The number of carboxylic acid groups (broad SMARTS) is 1. The van der Waals surface area contributed by atoms with Crippen LogP contribution in [0.2, 0.25) is 0 Å². The maximum absolute atomic E-state index is 12.7. The third-order valence-electron chi connectivity index (χ3n) is 4.02. The molecule has 126 valence electrons. The Labute approximate surface area is 138 Å². The number of carboxylic acids is 1. The molecule has 1 atom stereocenters. The molecule has 0 saturated heterocycles. The first-order valence-corrected chi connectivity index (χ1v) is 8.90. The lowest BCUT2D eigenvalue weighted by Crippen LogP contribution is -2.14. The first-order chi connectivity index (χ1) is 11.4. The highest BCUT2D eigenvalue weighted by Gasteiger charge is 2.37. The summed E-state index contributed by atoms with van der Waals surface area (Å²) < 4.78 is 31.5. The third-order valence-corrected chi connectivity index (χ3v) is 5.68. The summed E-state index contributed by atoms with van der Waals surface area (Å²) in [5.41, 5.74) is 0.269. The van der Waals surface area contributed by atoms with E-state index in [4.69, 9.17) is 4.42 Å². The van der Waals surface area contributed by atoms with Gasteiger partial charge in [-0.1, -0.05) is 6.08 Å². The Morgan fingerprint density at radius 1 is 1.46 bits per heavy atom. The summed E-state index contributed by atoms with van der Waals surface area (Å²) in [6.07, 6.45) is 2.86. The zero-order valence-corrected chi connectivity index (χ0v) is 13.5. The van der Waals surface area contributed by atoms with Crippen LogP contribution < -0.4 is 0 Å². The lowest BCUT2D eigenvalue weighted by molar-refractivity contribution is -0.138. The SMILES string of the molecule is C=CCS(=O)(=O)c1cc2n(c1C(=O)c1ccco1)CCC2C(=O)O. The van der Waals surface area contributed by atoms with Gasteiger partial charge in [0.15, 0.2) is 15.6 Å². The molecule has 0 spiro atoms. The quantitative estimate of drug-likeness (QED) is 0.630. The normalized spacial score (nSPS) is 16.8. The molecule has 3 heterocycles. The van der Waals surface area contributed by atoms with Crippen molar-refractivity contribution in [2.45, 2.75) is 23.8 Å². The molecule has 3 rings (SSSR count). The molecular weight excluding hydrogens is 334 g/mol. The molecule has 8 heteroatoms. The third kappa shape index (κ3) is 2.48. The highest BCUT2D eigenvalue weighted by Crippen LogP contribution is 2.36. The van der Waals surface area contributed by atoms with Gasteiger partial charge in [0.25, 0.3) is 0 Å². The van der Waals surface area contributed by atoms with E-state index >= 15 is 0 Å². The maximum atomic E-state index is 12.7. The van der Waals surface area contributed by atoms with E-state index in [0.29, 0.717) is 12.1 Å². The largest absolute Gasteiger partial charge is 0.481 e. The van der Waals surface area contributed by atoms with Crippen LogP contribution in [0.1, 0.15) is 34.3 Å². The Balaban J connectivity index is 2.22. The molecular formula is C16H15NO6S. The average molecular weight is 349 g/mol. The number of ketones is 1. The van der Waals surface area contributed by atoms with Gasteiger partial charge in [0, 0.05) is 12.2 Å². The smallest absolute Gasteiger partial charge is 0.312 e. The molecule has 1 N–H and O–H groups in total. The lowest BCUT2D eigenvalue weighted by atomic mass is 10.1. The van der Waals surface area contributed by atoms with Crippen molar-refractivity contribution in [1.29, 1.82) is 0 Å². The van der Waals surface area contributed by atoms with Crippen LogP contribution in [0.5, 0.6) is 0 Å². The molecule has 24 heavy (non-hydrogen) atoms. The van der Waals surface area contributed by atoms with Crippen LogP contribution in [0.25, 0.3) is 0 Å². The second-order valence-corrected chi connectivity index (χ2v) is 7.49. The van der Waals surface area contributed by atoms with Gasteiger partial charge in [-0.05, 0) is 24.6 Å². The Bertz CT molecular complexity index is 920. The summed E-state index contributed by atoms with van der Waals surface area (Å²) in [7, 11) is -3.80. The monoisotopic (exact) mass is 349 g/mol. The van der Waals surface area contributed by atoms with Gasteiger partial charge in [-0.2, -0.15) is 0 Å². The number of aromatic nitrogens is 1. The highest BCUT2D eigenvalue weighted by molar-refractivity contribution is 7.91. The van der Waals surface area contributed by atoms with E-state index in [-0.39, 0.29) is 28.6 Å². The second-order valence-electron chi connectivity index (χ2n) is 5.49. The van der Waals surface area contributed by atoms with Crippen LogP contribution >= 0.6 is 0 Å². The number of hydrogen-bond donors (Lipinski definition) is 1. The van der Waals surface area contributed by atoms with Crippen molar-refractivity contribution in [1.82, 2.24) is 4.57 Å². The van der Waals surface area contributed by atoms with Crippen molar-refractivity contribution in [2.75, 3.05) is 5.75 Å². The molecule has 1 aliphatic heterocycles. The number of sulfone groups is 1. The highest BCUT2D eigenvalue weighted by atomic mass is 32.2. The summed E-state index contributed by atoms with van der Waals surface area (Å²) in [6, 6.07) is 4.26. The lowest BCUT2D eigenvalue weighted by Gasteiger charge is -2.07. The molecule has 0 saturated carbocycles. The van der Waals surface area contributed by atoms with Gasteiger partial charge < -0.3 is 14.1 Å².